The molecule has 0 radical (unpaired) electrons. The number of aliphatic imine (C=N–C) groups is 1. The third kappa shape index (κ3) is 7.29. The van der Waals surface area contributed by atoms with Crippen molar-refractivity contribution >= 4 is 84.4 Å². The second-order valence-corrected chi connectivity index (χ2v) is 15.5. The molecule has 2 atom stereocenters. The molecular formula is C37H39ClN6O5S2. The van der Waals surface area contributed by atoms with Gasteiger partial charge in [0.05, 0.1) is 54.2 Å². The highest BCUT2D eigenvalue weighted by atomic mass is 35.5. The summed E-state index contributed by atoms with van der Waals surface area (Å²) in [6.07, 6.45) is 9.69. The summed E-state index contributed by atoms with van der Waals surface area (Å²) in [5, 5.41) is 6.04. The van der Waals surface area contributed by atoms with Gasteiger partial charge in [0.25, 0.3) is 0 Å². The zero-order valence-electron chi connectivity index (χ0n) is 29.0. The molecule has 0 amide bonds. The molecule has 0 saturated carbocycles. The average Bonchev–Trinajstić information content (AvgIpc) is 3.83. The molecule has 0 saturated heterocycles. The van der Waals surface area contributed by atoms with E-state index < -0.39 is 0 Å². The lowest BCUT2D eigenvalue weighted by atomic mass is 9.88. The predicted octanol–water partition coefficient (Wildman–Crippen LogP) is 7.84. The minimum atomic E-state index is -0.102. The number of carbonyl (C=O) groups is 2. The zero-order valence-corrected chi connectivity index (χ0v) is 31.3. The lowest BCUT2D eigenvalue weighted by molar-refractivity contribution is -0.149. The first-order valence-electron chi connectivity index (χ1n) is 17.3. The number of thiophene rings is 2. The van der Waals surface area contributed by atoms with Gasteiger partial charge in [0, 0.05) is 16.0 Å². The smallest absolute Gasteiger partial charge is 0.309 e. The van der Waals surface area contributed by atoms with Gasteiger partial charge in [0.1, 0.15) is 39.0 Å². The zero-order chi connectivity index (χ0) is 35.6. The normalized spacial score (nSPS) is 17.4. The summed E-state index contributed by atoms with van der Waals surface area (Å²) in [6, 6.07) is 4.14. The van der Waals surface area contributed by atoms with E-state index in [-0.39, 0.29) is 29.9 Å². The van der Waals surface area contributed by atoms with Gasteiger partial charge < -0.3 is 19.5 Å². The molecule has 266 valence electrons. The van der Waals surface area contributed by atoms with E-state index in [1.807, 2.05) is 33.9 Å². The molecule has 8 rings (SSSR count). The summed E-state index contributed by atoms with van der Waals surface area (Å²) in [7, 11) is 0. The summed E-state index contributed by atoms with van der Waals surface area (Å²) in [5.41, 5.74) is 5.58. The summed E-state index contributed by atoms with van der Waals surface area (Å²) in [6.45, 7) is 9.26. The van der Waals surface area contributed by atoms with Crippen LogP contribution in [0.2, 0.25) is 5.15 Å². The number of halogens is 1. The standard InChI is InChI=1S/C24H26N4O3S.C13H13ClN2O2S/c1-4-30-24(29)14-5-6-17-20(9-14)32-23-21(17)22(26-12-27-23)28-18-7-15-10-25-11-16(15)8-19(18)31-13(2)3;1-2-18-13(17)7-3-4-8-9(5-7)19-12-10(8)11(14)15-6-16-12/h7-8,10,12-14H,4-6,9,11H2,1-3H3,(H,26,27,28);6-7H,2-5H2,1H3/t14-;7-/m11/s1. The van der Waals surface area contributed by atoms with Gasteiger partial charge in [-0.05, 0) is 101 Å². The van der Waals surface area contributed by atoms with E-state index in [4.69, 9.17) is 25.8 Å². The van der Waals surface area contributed by atoms with E-state index in [1.54, 1.807) is 29.0 Å². The van der Waals surface area contributed by atoms with Crippen LogP contribution < -0.4 is 10.1 Å². The lowest BCUT2D eigenvalue weighted by Gasteiger charge is -2.21. The summed E-state index contributed by atoms with van der Waals surface area (Å²) < 4.78 is 16.5. The second-order valence-electron chi connectivity index (χ2n) is 12.9. The Morgan fingerprint density at radius 2 is 1.49 bits per heavy atom. The van der Waals surface area contributed by atoms with Crippen molar-refractivity contribution in [2.45, 2.75) is 78.9 Å². The van der Waals surface area contributed by atoms with Crippen LogP contribution in [0, 0.1) is 11.8 Å². The Kier molecular flexibility index (Phi) is 10.5. The Morgan fingerprint density at radius 3 is 2.12 bits per heavy atom. The van der Waals surface area contributed by atoms with Gasteiger partial charge in [-0.25, -0.2) is 19.9 Å². The topological polar surface area (TPSA) is 138 Å². The fourth-order valence-corrected chi connectivity index (χ4v) is 9.75. The minimum absolute atomic E-state index is 0.0350. The number of fused-ring (bicyclic) bond motifs is 7. The molecule has 1 aliphatic heterocycles. The first kappa shape index (κ1) is 35.2. The molecule has 0 spiro atoms. The fraction of sp³-hybridized carbons (Fsp3) is 0.432. The molecule has 0 unspecified atom stereocenters. The summed E-state index contributed by atoms with van der Waals surface area (Å²) in [5.74, 6) is 1.25. The van der Waals surface area contributed by atoms with Crippen LogP contribution in [0.5, 0.6) is 5.75 Å². The molecule has 2 aliphatic carbocycles. The van der Waals surface area contributed by atoms with Crippen molar-refractivity contribution in [3.63, 3.8) is 0 Å². The molecule has 3 aliphatic rings. The molecule has 11 nitrogen and oxygen atoms in total. The van der Waals surface area contributed by atoms with Crippen molar-refractivity contribution < 1.29 is 23.8 Å². The third-order valence-corrected chi connectivity index (χ3v) is 11.8. The lowest BCUT2D eigenvalue weighted by Crippen LogP contribution is -2.23. The van der Waals surface area contributed by atoms with Gasteiger partial charge in [-0.3, -0.25) is 14.6 Å². The number of carbonyl (C=O) groups excluding carboxylic acids is 2. The first-order chi connectivity index (χ1) is 24.7. The Morgan fingerprint density at radius 1 is 0.882 bits per heavy atom. The van der Waals surface area contributed by atoms with Gasteiger partial charge in [-0.15, -0.1) is 22.7 Å². The number of nitrogens with one attached hydrogen (secondary N) is 1. The summed E-state index contributed by atoms with van der Waals surface area (Å²) in [4.78, 5) is 50.1. The maximum Gasteiger partial charge on any atom is 0.309 e. The van der Waals surface area contributed by atoms with Crippen LogP contribution in [-0.2, 0) is 51.3 Å². The summed E-state index contributed by atoms with van der Waals surface area (Å²) >= 11 is 9.41. The molecule has 5 heterocycles. The minimum Gasteiger partial charge on any atom is -0.489 e. The van der Waals surface area contributed by atoms with Gasteiger partial charge >= 0.3 is 11.9 Å². The molecule has 5 aromatic rings. The van der Waals surface area contributed by atoms with Crippen LogP contribution in [0.1, 0.15) is 72.5 Å². The first-order valence-corrected chi connectivity index (χ1v) is 19.3. The maximum atomic E-state index is 12.3. The number of hydrogen-bond donors (Lipinski definition) is 1. The number of anilines is 2. The highest BCUT2D eigenvalue weighted by Gasteiger charge is 2.31. The van der Waals surface area contributed by atoms with Crippen LogP contribution >= 0.6 is 34.3 Å². The van der Waals surface area contributed by atoms with Gasteiger partial charge in [0.2, 0.25) is 0 Å². The second kappa shape index (κ2) is 15.2. The third-order valence-electron chi connectivity index (χ3n) is 9.23. The fourth-order valence-electron chi connectivity index (χ4n) is 6.91. The number of rotatable bonds is 8. The molecule has 0 bridgehead atoms. The number of aryl methyl sites for hydroxylation is 2. The number of esters is 2. The molecule has 51 heavy (non-hydrogen) atoms. The van der Waals surface area contributed by atoms with E-state index in [9.17, 15) is 9.59 Å². The Hall–Kier alpha value is -4.20. The van der Waals surface area contributed by atoms with Crippen molar-refractivity contribution in [2.75, 3.05) is 18.5 Å². The number of nitrogens with zero attached hydrogens (tertiary/aromatic N) is 5. The molecule has 14 heteroatoms. The van der Waals surface area contributed by atoms with Crippen LogP contribution in [-0.4, -0.2) is 57.4 Å². The number of benzene rings is 1. The van der Waals surface area contributed by atoms with E-state index in [0.29, 0.717) is 31.3 Å². The predicted molar refractivity (Wildman–Crippen MR) is 201 cm³/mol. The van der Waals surface area contributed by atoms with Crippen molar-refractivity contribution in [3.8, 4) is 5.75 Å². The van der Waals surface area contributed by atoms with Crippen LogP contribution in [0.25, 0.3) is 20.4 Å². The quantitative estimate of drug-likeness (QED) is 0.124. The van der Waals surface area contributed by atoms with Crippen LogP contribution in [0.15, 0.2) is 29.8 Å². The van der Waals surface area contributed by atoms with E-state index in [1.165, 1.54) is 27.2 Å². The number of aromatic nitrogens is 4. The van der Waals surface area contributed by atoms with Crippen LogP contribution in [0.3, 0.4) is 0 Å². The number of ether oxygens (including phenoxy) is 3. The van der Waals surface area contributed by atoms with Crippen molar-refractivity contribution in [1.29, 1.82) is 0 Å². The van der Waals surface area contributed by atoms with Gasteiger partial charge in [-0.1, -0.05) is 11.6 Å². The van der Waals surface area contributed by atoms with Crippen molar-refractivity contribution in [1.82, 2.24) is 19.9 Å². The average molecular weight is 747 g/mol. The SMILES string of the molecule is CCOC(=O)[C@@H]1CCc2c(sc3ncnc(Cl)c23)C1.CCOC(=O)[C@@H]1CCc2c(sc3ncnc(Nc4cc5c(cc4OC(C)C)CN=C5)c23)C1. The maximum absolute atomic E-state index is 12.3. The monoisotopic (exact) mass is 746 g/mol. The van der Waals surface area contributed by atoms with Gasteiger partial charge in [0.15, 0.2) is 0 Å². The van der Waals surface area contributed by atoms with Crippen LogP contribution in [0.4, 0.5) is 11.5 Å². The molecule has 1 N–H and O–H groups in total. The molecule has 4 aromatic heterocycles. The van der Waals surface area contributed by atoms with Gasteiger partial charge in [-0.2, -0.15) is 0 Å². The van der Waals surface area contributed by atoms with E-state index >= 15 is 0 Å². The molecule has 0 fully saturated rings. The van der Waals surface area contributed by atoms with Crippen molar-refractivity contribution in [3.05, 3.63) is 61.9 Å². The largest absolute Gasteiger partial charge is 0.489 e. The van der Waals surface area contributed by atoms with E-state index in [0.717, 1.165) is 80.9 Å². The highest BCUT2D eigenvalue weighted by molar-refractivity contribution is 7.19. The Balaban J connectivity index is 0.000000182. The number of hydrogen-bond acceptors (Lipinski definition) is 13. The molecular weight excluding hydrogens is 708 g/mol. The van der Waals surface area contributed by atoms with E-state index in [2.05, 4.69) is 42.4 Å². The Labute approximate surface area is 308 Å². The Bertz CT molecular complexity index is 2150. The highest BCUT2D eigenvalue weighted by Crippen LogP contribution is 2.43. The van der Waals surface area contributed by atoms with Crippen molar-refractivity contribution in [2.24, 2.45) is 16.8 Å². The molecule has 1 aromatic carbocycles.